The van der Waals surface area contributed by atoms with E-state index in [9.17, 15) is 4.79 Å². The van der Waals surface area contributed by atoms with E-state index in [1.54, 1.807) is 0 Å². The maximum absolute atomic E-state index is 10.6. The van der Waals surface area contributed by atoms with Crippen LogP contribution in [0.25, 0.3) is 0 Å². The predicted octanol–water partition coefficient (Wildman–Crippen LogP) is 0.794. The lowest BCUT2D eigenvalue weighted by Crippen LogP contribution is -2.06. The lowest BCUT2D eigenvalue weighted by Gasteiger charge is -2.04. The van der Waals surface area contributed by atoms with Crippen LogP contribution in [0.3, 0.4) is 0 Å². The number of nitrogens with one attached hydrogen (secondary N) is 1. The zero-order chi connectivity index (χ0) is 9.84. The molecule has 0 aliphatic carbocycles. The second-order valence-corrected chi connectivity index (χ2v) is 2.49. The van der Waals surface area contributed by atoms with Crippen molar-refractivity contribution >= 4 is 17.5 Å². The van der Waals surface area contributed by atoms with E-state index in [2.05, 4.69) is 10.3 Å². The van der Waals surface area contributed by atoms with Crippen LogP contribution in [0.15, 0.2) is 12.3 Å². The Balaban J connectivity index is 3.04. The highest BCUT2D eigenvalue weighted by molar-refractivity contribution is 5.94. The van der Waals surface area contributed by atoms with E-state index in [1.165, 1.54) is 12.3 Å². The van der Waals surface area contributed by atoms with E-state index in [0.717, 1.165) is 0 Å². The number of pyridine rings is 1. The van der Waals surface area contributed by atoms with E-state index in [4.69, 9.17) is 10.8 Å². The van der Waals surface area contributed by atoms with Crippen LogP contribution < -0.4 is 11.1 Å². The Morgan fingerprint density at radius 2 is 2.46 bits per heavy atom. The molecule has 0 fully saturated rings. The fraction of sp³-hybridized carbons (Fsp3) is 0.250. The number of aromatic nitrogens is 1. The second-order valence-electron chi connectivity index (χ2n) is 2.49. The van der Waals surface area contributed by atoms with Crippen molar-refractivity contribution in [3.8, 4) is 0 Å². The molecule has 1 rings (SSSR count). The maximum atomic E-state index is 10.6. The minimum Gasteiger partial charge on any atom is -0.478 e. The molecule has 0 saturated carbocycles. The highest BCUT2D eigenvalue weighted by Crippen LogP contribution is 2.14. The molecule has 70 valence electrons. The third-order valence-electron chi connectivity index (χ3n) is 1.52. The summed E-state index contributed by atoms with van der Waals surface area (Å²) in [5.41, 5.74) is 5.67. The van der Waals surface area contributed by atoms with Crippen molar-refractivity contribution < 1.29 is 9.90 Å². The molecular weight excluding hydrogens is 170 g/mol. The zero-order valence-corrected chi connectivity index (χ0v) is 7.24. The number of aromatic carboxylic acids is 1. The van der Waals surface area contributed by atoms with Gasteiger partial charge in [0.1, 0.15) is 5.82 Å². The largest absolute Gasteiger partial charge is 0.478 e. The number of carboxylic acid groups (broad SMARTS) is 1. The number of nitrogen functional groups attached to an aromatic ring is 1. The minimum atomic E-state index is -1.04. The van der Waals surface area contributed by atoms with E-state index < -0.39 is 5.97 Å². The first-order chi connectivity index (χ1) is 6.15. The van der Waals surface area contributed by atoms with Crippen LogP contribution in [0.5, 0.6) is 0 Å². The lowest BCUT2D eigenvalue weighted by atomic mass is 10.2. The summed E-state index contributed by atoms with van der Waals surface area (Å²) in [5, 5.41) is 11.6. The standard InChI is InChI=1S/C8H11N3O2/c1-2-10-7-3-5(8(12)13)6(9)4-11-7/h3-4H,2,9H2,1H3,(H,10,11)(H,12,13). The van der Waals surface area contributed by atoms with Crippen LogP contribution in [0, 0.1) is 0 Å². The topological polar surface area (TPSA) is 88.2 Å². The summed E-state index contributed by atoms with van der Waals surface area (Å²) in [7, 11) is 0. The Labute approximate surface area is 75.6 Å². The van der Waals surface area contributed by atoms with Gasteiger partial charge in [-0.3, -0.25) is 0 Å². The normalized spacial score (nSPS) is 9.62. The maximum Gasteiger partial charge on any atom is 0.337 e. The van der Waals surface area contributed by atoms with E-state index in [-0.39, 0.29) is 11.3 Å². The first-order valence-electron chi connectivity index (χ1n) is 3.87. The highest BCUT2D eigenvalue weighted by Gasteiger charge is 2.08. The van der Waals surface area contributed by atoms with Gasteiger partial charge in [-0.2, -0.15) is 0 Å². The first-order valence-corrected chi connectivity index (χ1v) is 3.87. The summed E-state index contributed by atoms with van der Waals surface area (Å²) in [6.45, 7) is 2.59. The van der Waals surface area contributed by atoms with Crippen molar-refractivity contribution in [3.05, 3.63) is 17.8 Å². The molecule has 0 unspecified atom stereocenters. The molecule has 0 aromatic carbocycles. The van der Waals surface area contributed by atoms with Crippen molar-refractivity contribution in [2.75, 3.05) is 17.6 Å². The van der Waals surface area contributed by atoms with Gasteiger partial charge in [0.2, 0.25) is 0 Å². The molecule has 0 radical (unpaired) electrons. The van der Waals surface area contributed by atoms with Crippen molar-refractivity contribution in [2.24, 2.45) is 0 Å². The lowest BCUT2D eigenvalue weighted by molar-refractivity contribution is 0.0698. The van der Waals surface area contributed by atoms with Gasteiger partial charge in [-0.05, 0) is 13.0 Å². The number of carboxylic acids is 1. The highest BCUT2D eigenvalue weighted by atomic mass is 16.4. The Kier molecular flexibility index (Phi) is 2.69. The van der Waals surface area contributed by atoms with Gasteiger partial charge < -0.3 is 16.2 Å². The molecule has 0 bridgehead atoms. The summed E-state index contributed by atoms with van der Waals surface area (Å²) < 4.78 is 0. The van der Waals surface area contributed by atoms with Gasteiger partial charge in [0.25, 0.3) is 0 Å². The Bertz CT molecular complexity index is 325. The van der Waals surface area contributed by atoms with Gasteiger partial charge in [-0.1, -0.05) is 0 Å². The minimum absolute atomic E-state index is 0.0750. The summed E-state index contributed by atoms with van der Waals surface area (Å²) in [4.78, 5) is 14.6. The van der Waals surface area contributed by atoms with Crippen LogP contribution in [-0.2, 0) is 0 Å². The molecule has 4 N–H and O–H groups in total. The number of rotatable bonds is 3. The molecule has 5 nitrogen and oxygen atoms in total. The molecule has 0 aliphatic heterocycles. The number of anilines is 2. The average Bonchev–Trinajstić information content (AvgIpc) is 2.08. The van der Waals surface area contributed by atoms with Crippen LogP contribution in [0.2, 0.25) is 0 Å². The number of nitrogens with two attached hydrogens (primary N) is 1. The molecule has 1 aromatic rings. The van der Waals surface area contributed by atoms with Crippen LogP contribution in [0.1, 0.15) is 17.3 Å². The van der Waals surface area contributed by atoms with E-state index in [1.807, 2.05) is 6.92 Å². The Hall–Kier alpha value is -1.78. The van der Waals surface area contributed by atoms with Crippen LogP contribution in [0.4, 0.5) is 11.5 Å². The molecule has 13 heavy (non-hydrogen) atoms. The van der Waals surface area contributed by atoms with Gasteiger partial charge in [0.05, 0.1) is 17.4 Å². The van der Waals surface area contributed by atoms with Crippen molar-refractivity contribution in [1.82, 2.24) is 4.98 Å². The second kappa shape index (κ2) is 3.75. The van der Waals surface area contributed by atoms with Gasteiger partial charge >= 0.3 is 5.97 Å². The molecular formula is C8H11N3O2. The number of carbonyl (C=O) groups is 1. The number of hydrogen-bond acceptors (Lipinski definition) is 4. The van der Waals surface area contributed by atoms with Crippen molar-refractivity contribution in [1.29, 1.82) is 0 Å². The summed E-state index contributed by atoms with van der Waals surface area (Å²) in [6, 6.07) is 1.42. The SMILES string of the molecule is CCNc1cc(C(=O)O)c(N)cn1. The number of nitrogens with zero attached hydrogens (tertiary/aromatic N) is 1. The Morgan fingerprint density at radius 3 is 3.00 bits per heavy atom. The van der Waals surface area contributed by atoms with Crippen molar-refractivity contribution in [2.45, 2.75) is 6.92 Å². The monoisotopic (exact) mass is 181 g/mol. The van der Waals surface area contributed by atoms with E-state index in [0.29, 0.717) is 12.4 Å². The fourth-order valence-electron chi connectivity index (χ4n) is 0.929. The smallest absolute Gasteiger partial charge is 0.337 e. The molecule has 0 atom stereocenters. The van der Waals surface area contributed by atoms with E-state index >= 15 is 0 Å². The third-order valence-corrected chi connectivity index (χ3v) is 1.52. The molecule has 0 aliphatic rings. The first kappa shape index (κ1) is 9.31. The third kappa shape index (κ3) is 2.08. The quantitative estimate of drug-likeness (QED) is 0.641. The van der Waals surface area contributed by atoms with Gasteiger partial charge in [0, 0.05) is 6.54 Å². The molecule has 1 heterocycles. The van der Waals surface area contributed by atoms with Gasteiger partial charge in [-0.25, -0.2) is 9.78 Å². The van der Waals surface area contributed by atoms with Gasteiger partial charge in [0.15, 0.2) is 0 Å². The molecule has 0 amide bonds. The molecule has 0 spiro atoms. The predicted molar refractivity (Wildman–Crippen MR) is 49.8 cm³/mol. The summed E-state index contributed by atoms with van der Waals surface area (Å²) >= 11 is 0. The van der Waals surface area contributed by atoms with Crippen LogP contribution in [-0.4, -0.2) is 22.6 Å². The average molecular weight is 181 g/mol. The molecule has 0 saturated heterocycles. The molecule has 1 aromatic heterocycles. The van der Waals surface area contributed by atoms with Crippen molar-refractivity contribution in [3.63, 3.8) is 0 Å². The summed E-state index contributed by atoms with van der Waals surface area (Å²) in [5.74, 6) is -0.520. The zero-order valence-electron chi connectivity index (χ0n) is 7.24. The van der Waals surface area contributed by atoms with Crippen LogP contribution >= 0.6 is 0 Å². The Morgan fingerprint density at radius 1 is 1.77 bits per heavy atom. The molecule has 5 heteroatoms. The van der Waals surface area contributed by atoms with Gasteiger partial charge in [-0.15, -0.1) is 0 Å². The number of hydrogen-bond donors (Lipinski definition) is 3. The fourth-order valence-corrected chi connectivity index (χ4v) is 0.929. The summed E-state index contributed by atoms with van der Waals surface area (Å²) in [6.07, 6.45) is 1.33.